The van der Waals surface area contributed by atoms with Crippen molar-refractivity contribution >= 4 is 0 Å². The Hall–Kier alpha value is -2.48. The second kappa shape index (κ2) is 8.27. The molecule has 0 spiro atoms. The Labute approximate surface area is 157 Å². The lowest BCUT2D eigenvalue weighted by molar-refractivity contribution is 0.475. The van der Waals surface area contributed by atoms with E-state index in [0.717, 1.165) is 5.56 Å². The van der Waals surface area contributed by atoms with Gasteiger partial charge in [0, 0.05) is 11.4 Å². The minimum Gasteiger partial charge on any atom is -0.508 e. The van der Waals surface area contributed by atoms with E-state index in [-0.39, 0.29) is 6.04 Å². The molecule has 1 N–H and O–H groups in total. The van der Waals surface area contributed by atoms with Crippen LogP contribution in [-0.2, 0) is 6.42 Å². The molecule has 1 atom stereocenters. The summed E-state index contributed by atoms with van der Waals surface area (Å²) in [5, 5.41) is 9.56. The normalized spacial score (nSPS) is 12.3. The molecular weight excluding hydrogens is 318 g/mol. The van der Waals surface area contributed by atoms with Gasteiger partial charge in [0.05, 0.1) is 6.04 Å². The van der Waals surface area contributed by atoms with Gasteiger partial charge in [0.25, 0.3) is 0 Å². The van der Waals surface area contributed by atoms with Crippen molar-refractivity contribution in [3.63, 3.8) is 0 Å². The largest absolute Gasteiger partial charge is 0.508 e. The van der Waals surface area contributed by atoms with Crippen molar-refractivity contribution in [3.05, 3.63) is 77.5 Å². The zero-order valence-corrected chi connectivity index (χ0v) is 16.1. The number of rotatable bonds is 7. The van der Waals surface area contributed by atoms with Gasteiger partial charge in [-0.15, -0.1) is 0 Å². The average molecular weight is 348 g/mol. The number of benzene rings is 2. The van der Waals surface area contributed by atoms with Gasteiger partial charge in [-0.25, -0.2) is 0 Å². The average Bonchev–Trinajstić information content (AvgIpc) is 3.04. The van der Waals surface area contributed by atoms with Gasteiger partial charge in [0.2, 0.25) is 0 Å². The molecule has 3 rings (SSSR count). The third-order valence-corrected chi connectivity index (χ3v) is 5.20. The van der Waals surface area contributed by atoms with E-state index in [2.05, 4.69) is 61.7 Å². The number of aromatic nitrogens is 1. The standard InChI is InChI=1S/C24H29NO/c1-4-5-6-7-20-9-11-21(12-10-20)19(3)25-18(2)8-17-24(25)22-13-15-23(26)16-14-22/h8-17,19,26H,4-7H2,1-3H3. The molecule has 26 heavy (non-hydrogen) atoms. The minimum absolute atomic E-state index is 0.262. The molecule has 0 amide bonds. The molecule has 1 heterocycles. The second-order valence-corrected chi connectivity index (χ2v) is 7.15. The van der Waals surface area contributed by atoms with E-state index >= 15 is 0 Å². The summed E-state index contributed by atoms with van der Waals surface area (Å²) in [4.78, 5) is 0. The van der Waals surface area contributed by atoms with Crippen LogP contribution < -0.4 is 0 Å². The third-order valence-electron chi connectivity index (χ3n) is 5.20. The van der Waals surface area contributed by atoms with Crippen molar-refractivity contribution in [1.82, 2.24) is 4.57 Å². The van der Waals surface area contributed by atoms with E-state index in [4.69, 9.17) is 0 Å². The van der Waals surface area contributed by atoms with Crippen molar-refractivity contribution in [1.29, 1.82) is 0 Å². The van der Waals surface area contributed by atoms with E-state index in [1.807, 2.05) is 12.1 Å². The second-order valence-electron chi connectivity index (χ2n) is 7.15. The zero-order valence-electron chi connectivity index (χ0n) is 16.1. The predicted molar refractivity (Wildman–Crippen MR) is 110 cm³/mol. The molecule has 3 aromatic rings. The summed E-state index contributed by atoms with van der Waals surface area (Å²) in [6.07, 6.45) is 5.01. The molecule has 0 aliphatic rings. The Morgan fingerprint density at radius 2 is 1.58 bits per heavy atom. The quantitative estimate of drug-likeness (QED) is 0.484. The van der Waals surface area contributed by atoms with Crippen LogP contribution >= 0.6 is 0 Å². The van der Waals surface area contributed by atoms with Crippen molar-refractivity contribution in [3.8, 4) is 17.0 Å². The first-order chi connectivity index (χ1) is 12.6. The first-order valence-corrected chi connectivity index (χ1v) is 9.66. The first-order valence-electron chi connectivity index (χ1n) is 9.66. The SMILES string of the molecule is CCCCCc1ccc(C(C)n2c(C)ccc2-c2ccc(O)cc2)cc1. The summed E-state index contributed by atoms with van der Waals surface area (Å²) in [5.41, 5.74) is 6.30. The molecule has 2 aromatic carbocycles. The van der Waals surface area contributed by atoms with Gasteiger partial charge >= 0.3 is 0 Å². The van der Waals surface area contributed by atoms with Gasteiger partial charge in [-0.3, -0.25) is 0 Å². The van der Waals surface area contributed by atoms with E-state index in [1.54, 1.807) is 12.1 Å². The van der Waals surface area contributed by atoms with Crippen molar-refractivity contribution in [2.24, 2.45) is 0 Å². The third kappa shape index (κ3) is 4.01. The Morgan fingerprint density at radius 3 is 2.23 bits per heavy atom. The summed E-state index contributed by atoms with van der Waals surface area (Å²) < 4.78 is 2.37. The fourth-order valence-corrected chi connectivity index (χ4v) is 3.62. The molecular formula is C24H29NO. The van der Waals surface area contributed by atoms with E-state index < -0.39 is 0 Å². The van der Waals surface area contributed by atoms with Gasteiger partial charge < -0.3 is 9.67 Å². The first kappa shape index (κ1) is 18.3. The Balaban J connectivity index is 1.85. The number of hydrogen-bond donors (Lipinski definition) is 1. The fourth-order valence-electron chi connectivity index (χ4n) is 3.62. The van der Waals surface area contributed by atoms with Gasteiger partial charge in [-0.1, -0.05) is 44.0 Å². The van der Waals surface area contributed by atoms with Crippen LogP contribution in [0, 0.1) is 6.92 Å². The molecule has 0 fully saturated rings. The monoisotopic (exact) mass is 347 g/mol. The van der Waals surface area contributed by atoms with E-state index in [1.165, 1.54) is 48.2 Å². The maximum absolute atomic E-state index is 9.56. The van der Waals surface area contributed by atoms with Crippen LogP contribution in [0.15, 0.2) is 60.7 Å². The van der Waals surface area contributed by atoms with Crippen LogP contribution in [0.3, 0.4) is 0 Å². The van der Waals surface area contributed by atoms with Crippen LogP contribution in [-0.4, -0.2) is 9.67 Å². The van der Waals surface area contributed by atoms with Gasteiger partial charge in [0.1, 0.15) is 5.75 Å². The van der Waals surface area contributed by atoms with Gasteiger partial charge in [-0.05, 0) is 79.8 Å². The minimum atomic E-state index is 0.262. The highest BCUT2D eigenvalue weighted by molar-refractivity contribution is 5.62. The van der Waals surface area contributed by atoms with Crippen molar-refractivity contribution in [2.45, 2.75) is 52.5 Å². The lowest BCUT2D eigenvalue weighted by Gasteiger charge is -2.21. The van der Waals surface area contributed by atoms with Crippen LogP contribution in [0.5, 0.6) is 5.75 Å². The summed E-state index contributed by atoms with van der Waals surface area (Å²) in [6, 6.07) is 21.1. The summed E-state index contributed by atoms with van der Waals surface area (Å²) in [7, 11) is 0. The van der Waals surface area contributed by atoms with Gasteiger partial charge in [-0.2, -0.15) is 0 Å². The summed E-state index contributed by atoms with van der Waals surface area (Å²) in [5.74, 6) is 0.301. The van der Waals surface area contributed by atoms with Crippen LogP contribution in [0.2, 0.25) is 0 Å². The summed E-state index contributed by atoms with van der Waals surface area (Å²) in [6.45, 7) is 6.65. The maximum atomic E-state index is 9.56. The molecule has 2 heteroatoms. The molecule has 1 aromatic heterocycles. The highest BCUT2D eigenvalue weighted by Gasteiger charge is 2.15. The Morgan fingerprint density at radius 1 is 0.885 bits per heavy atom. The smallest absolute Gasteiger partial charge is 0.115 e. The highest BCUT2D eigenvalue weighted by Crippen LogP contribution is 2.30. The zero-order chi connectivity index (χ0) is 18.5. The Bertz CT molecular complexity index is 828. The predicted octanol–water partition coefficient (Wildman–Crippen LogP) is 6.51. The van der Waals surface area contributed by atoms with Crippen LogP contribution in [0.1, 0.15) is 56.0 Å². The molecule has 0 bridgehead atoms. The number of unbranched alkanes of at least 4 members (excludes halogenated alkanes) is 2. The molecule has 0 saturated carbocycles. The number of hydrogen-bond acceptors (Lipinski definition) is 1. The summed E-state index contributed by atoms with van der Waals surface area (Å²) >= 11 is 0. The van der Waals surface area contributed by atoms with Crippen LogP contribution in [0.4, 0.5) is 0 Å². The number of aromatic hydroxyl groups is 1. The molecule has 0 aliphatic carbocycles. The Kier molecular flexibility index (Phi) is 5.82. The highest BCUT2D eigenvalue weighted by atomic mass is 16.3. The molecule has 2 nitrogen and oxygen atoms in total. The number of aryl methyl sites for hydroxylation is 2. The van der Waals surface area contributed by atoms with Crippen LogP contribution in [0.25, 0.3) is 11.3 Å². The number of nitrogens with zero attached hydrogens (tertiary/aromatic N) is 1. The lowest BCUT2D eigenvalue weighted by atomic mass is 10.0. The lowest BCUT2D eigenvalue weighted by Crippen LogP contribution is -2.10. The number of phenols is 1. The van der Waals surface area contributed by atoms with Crippen molar-refractivity contribution < 1.29 is 5.11 Å². The van der Waals surface area contributed by atoms with E-state index in [0.29, 0.717) is 5.75 Å². The van der Waals surface area contributed by atoms with Gasteiger partial charge in [0.15, 0.2) is 0 Å². The molecule has 1 unspecified atom stereocenters. The topological polar surface area (TPSA) is 25.2 Å². The molecule has 0 saturated heterocycles. The molecule has 0 radical (unpaired) electrons. The fraction of sp³-hybridized carbons (Fsp3) is 0.333. The maximum Gasteiger partial charge on any atom is 0.115 e. The molecule has 0 aliphatic heterocycles. The van der Waals surface area contributed by atoms with Crippen molar-refractivity contribution in [2.75, 3.05) is 0 Å². The van der Waals surface area contributed by atoms with E-state index in [9.17, 15) is 5.11 Å². The molecule has 136 valence electrons. The number of phenolic OH excluding ortho intramolecular Hbond substituents is 1.